The largest absolute Gasteiger partial charge is 0.382 e. The van der Waals surface area contributed by atoms with E-state index in [0.29, 0.717) is 16.9 Å². The van der Waals surface area contributed by atoms with Gasteiger partial charge in [-0.05, 0) is 50.2 Å². The van der Waals surface area contributed by atoms with Crippen LogP contribution in [-0.4, -0.2) is 28.1 Å². The fourth-order valence-corrected chi connectivity index (χ4v) is 2.13. The minimum atomic E-state index is -1.75. The molecule has 0 spiro atoms. The molecule has 0 fully saturated rings. The summed E-state index contributed by atoms with van der Waals surface area (Å²) in [6, 6.07) is 9.64. The molecular formula is C17H18FN3O4. The van der Waals surface area contributed by atoms with Crippen LogP contribution in [0.15, 0.2) is 42.5 Å². The van der Waals surface area contributed by atoms with Crippen LogP contribution in [0.25, 0.3) is 0 Å². The summed E-state index contributed by atoms with van der Waals surface area (Å²) in [5.41, 5.74) is -0.505. The van der Waals surface area contributed by atoms with Gasteiger partial charge in [0.2, 0.25) is 0 Å². The maximum absolute atomic E-state index is 12.9. The van der Waals surface area contributed by atoms with Crippen molar-refractivity contribution in [3.05, 3.63) is 64.0 Å². The quantitative estimate of drug-likeness (QED) is 0.550. The predicted molar refractivity (Wildman–Crippen MR) is 92.0 cm³/mol. The Morgan fingerprint density at radius 1 is 1.24 bits per heavy atom. The Morgan fingerprint density at radius 3 is 2.40 bits per heavy atom. The van der Waals surface area contributed by atoms with Gasteiger partial charge in [0.1, 0.15) is 5.82 Å². The third-order valence-electron chi connectivity index (χ3n) is 3.62. The molecule has 1 unspecified atom stereocenters. The molecular weight excluding hydrogens is 329 g/mol. The van der Waals surface area contributed by atoms with E-state index in [2.05, 4.69) is 10.6 Å². The fourth-order valence-electron chi connectivity index (χ4n) is 2.13. The lowest BCUT2D eigenvalue weighted by Crippen LogP contribution is -2.45. The third-order valence-corrected chi connectivity index (χ3v) is 3.62. The van der Waals surface area contributed by atoms with E-state index in [0.717, 1.165) is 0 Å². The second-order valence-electron chi connectivity index (χ2n) is 5.85. The number of anilines is 2. The summed E-state index contributed by atoms with van der Waals surface area (Å²) in [6.45, 7) is 2.79. The highest BCUT2D eigenvalue weighted by Crippen LogP contribution is 2.22. The van der Waals surface area contributed by atoms with Crippen molar-refractivity contribution in [1.29, 1.82) is 0 Å². The van der Waals surface area contributed by atoms with Crippen molar-refractivity contribution in [2.24, 2.45) is 0 Å². The first-order valence-corrected chi connectivity index (χ1v) is 7.47. The van der Waals surface area contributed by atoms with Gasteiger partial charge >= 0.3 is 0 Å². The Morgan fingerprint density at radius 2 is 1.84 bits per heavy atom. The predicted octanol–water partition coefficient (Wildman–Crippen LogP) is 2.84. The molecule has 132 valence electrons. The van der Waals surface area contributed by atoms with Crippen LogP contribution in [0.2, 0.25) is 0 Å². The third kappa shape index (κ3) is 4.74. The van der Waals surface area contributed by atoms with Crippen LogP contribution in [0.1, 0.15) is 12.5 Å². The van der Waals surface area contributed by atoms with E-state index in [-0.39, 0.29) is 18.0 Å². The number of amides is 1. The number of hydrogen-bond donors (Lipinski definition) is 3. The molecule has 3 N–H and O–H groups in total. The van der Waals surface area contributed by atoms with Crippen molar-refractivity contribution >= 4 is 23.0 Å². The lowest BCUT2D eigenvalue weighted by atomic mass is 10.1. The average molecular weight is 347 g/mol. The summed E-state index contributed by atoms with van der Waals surface area (Å²) in [5, 5.41) is 26.5. The van der Waals surface area contributed by atoms with Gasteiger partial charge in [-0.2, -0.15) is 0 Å². The Labute approximate surface area is 143 Å². The van der Waals surface area contributed by atoms with Gasteiger partial charge in [0.25, 0.3) is 11.6 Å². The topological polar surface area (TPSA) is 104 Å². The minimum Gasteiger partial charge on any atom is -0.382 e. The Bertz CT molecular complexity index is 791. The summed E-state index contributed by atoms with van der Waals surface area (Å²) >= 11 is 0. The summed E-state index contributed by atoms with van der Waals surface area (Å²) in [6.07, 6.45) is 0. The molecule has 1 atom stereocenters. The van der Waals surface area contributed by atoms with Crippen molar-refractivity contribution in [1.82, 2.24) is 0 Å². The highest BCUT2D eigenvalue weighted by Gasteiger charge is 2.30. The van der Waals surface area contributed by atoms with Gasteiger partial charge in [-0.25, -0.2) is 4.39 Å². The van der Waals surface area contributed by atoms with E-state index in [1.54, 1.807) is 6.92 Å². The fraction of sp³-hybridized carbons (Fsp3) is 0.235. The molecule has 0 saturated carbocycles. The van der Waals surface area contributed by atoms with Crippen molar-refractivity contribution in [3.8, 4) is 0 Å². The number of hydrogen-bond acceptors (Lipinski definition) is 5. The number of carbonyl (C=O) groups is 1. The second-order valence-corrected chi connectivity index (χ2v) is 5.85. The van der Waals surface area contributed by atoms with Gasteiger partial charge < -0.3 is 15.7 Å². The zero-order valence-electron chi connectivity index (χ0n) is 13.7. The smallest absolute Gasteiger partial charge is 0.272 e. The number of aliphatic hydroxyl groups is 1. The highest BCUT2D eigenvalue weighted by atomic mass is 19.1. The molecule has 0 radical (unpaired) electrons. The first-order valence-electron chi connectivity index (χ1n) is 7.47. The van der Waals surface area contributed by atoms with Crippen LogP contribution in [0.3, 0.4) is 0 Å². The summed E-state index contributed by atoms with van der Waals surface area (Å²) in [4.78, 5) is 22.5. The molecule has 25 heavy (non-hydrogen) atoms. The Hall–Kier alpha value is -3.00. The zero-order chi connectivity index (χ0) is 18.6. The number of benzene rings is 2. The van der Waals surface area contributed by atoms with E-state index < -0.39 is 16.4 Å². The number of carbonyl (C=O) groups excluding carboxylic acids is 1. The Kier molecular flexibility index (Phi) is 5.33. The van der Waals surface area contributed by atoms with E-state index in [9.17, 15) is 24.4 Å². The van der Waals surface area contributed by atoms with Crippen molar-refractivity contribution in [2.45, 2.75) is 19.4 Å². The molecule has 0 saturated heterocycles. The minimum absolute atomic E-state index is 0.0530. The van der Waals surface area contributed by atoms with Crippen molar-refractivity contribution in [2.75, 3.05) is 17.2 Å². The van der Waals surface area contributed by atoms with Crippen LogP contribution in [0.4, 0.5) is 21.5 Å². The molecule has 2 aromatic carbocycles. The van der Waals surface area contributed by atoms with Crippen LogP contribution in [-0.2, 0) is 4.79 Å². The van der Waals surface area contributed by atoms with Crippen molar-refractivity contribution < 1.29 is 19.2 Å². The lowest BCUT2D eigenvalue weighted by molar-refractivity contribution is -0.385. The van der Waals surface area contributed by atoms with Gasteiger partial charge in [-0.15, -0.1) is 0 Å². The average Bonchev–Trinajstić information content (AvgIpc) is 2.54. The molecule has 7 nitrogen and oxygen atoms in total. The second kappa shape index (κ2) is 7.27. The van der Waals surface area contributed by atoms with E-state index in [4.69, 9.17) is 0 Å². The number of aryl methyl sites for hydroxylation is 1. The summed E-state index contributed by atoms with van der Waals surface area (Å²) in [5.74, 6) is -1.06. The van der Waals surface area contributed by atoms with Gasteiger partial charge in [0, 0.05) is 23.0 Å². The number of rotatable bonds is 6. The number of nitrogens with zero attached hydrogens (tertiary/aromatic N) is 1. The highest BCUT2D eigenvalue weighted by molar-refractivity contribution is 5.97. The number of halogens is 1. The van der Waals surface area contributed by atoms with E-state index in [1.807, 2.05) is 0 Å². The zero-order valence-corrected chi connectivity index (χ0v) is 13.7. The first-order chi connectivity index (χ1) is 11.7. The lowest BCUT2D eigenvalue weighted by Gasteiger charge is -2.23. The molecule has 1 amide bonds. The maximum Gasteiger partial charge on any atom is 0.272 e. The molecule has 8 heteroatoms. The molecule has 0 aliphatic carbocycles. The normalized spacial score (nSPS) is 13.0. The Balaban J connectivity index is 2.01. The van der Waals surface area contributed by atoms with E-state index >= 15 is 0 Å². The monoisotopic (exact) mass is 347 g/mol. The molecule has 0 aromatic heterocycles. The first kappa shape index (κ1) is 18.3. The number of nitro groups is 1. The molecule has 0 bridgehead atoms. The van der Waals surface area contributed by atoms with E-state index in [1.165, 1.54) is 49.4 Å². The molecule has 0 aliphatic rings. The van der Waals surface area contributed by atoms with Gasteiger partial charge in [0.05, 0.1) is 11.5 Å². The van der Waals surface area contributed by atoms with Crippen LogP contribution in [0, 0.1) is 22.9 Å². The van der Waals surface area contributed by atoms with Crippen molar-refractivity contribution in [3.63, 3.8) is 0 Å². The summed E-state index contributed by atoms with van der Waals surface area (Å²) in [7, 11) is 0. The van der Waals surface area contributed by atoms with Gasteiger partial charge in [0.15, 0.2) is 5.60 Å². The molecule has 0 heterocycles. The van der Waals surface area contributed by atoms with Crippen LogP contribution < -0.4 is 10.6 Å². The molecule has 2 rings (SSSR count). The number of nitrogens with one attached hydrogen (secondary N) is 2. The van der Waals surface area contributed by atoms with Crippen LogP contribution in [0.5, 0.6) is 0 Å². The standard InChI is InChI=1S/C17H18FN3O4/c1-11-9-14(7-8-15(11)21(24)25)20-16(22)17(2,23)10-19-13-5-3-12(18)4-6-13/h3-9,19,23H,10H2,1-2H3,(H,20,22). The summed E-state index contributed by atoms with van der Waals surface area (Å²) < 4.78 is 12.9. The SMILES string of the molecule is Cc1cc(NC(=O)C(C)(O)CNc2ccc(F)cc2)ccc1[N+](=O)[O-]. The van der Waals surface area contributed by atoms with Gasteiger partial charge in [-0.3, -0.25) is 14.9 Å². The maximum atomic E-state index is 12.9. The number of nitro benzene ring substituents is 1. The molecule has 2 aromatic rings. The van der Waals surface area contributed by atoms with Crippen LogP contribution >= 0.6 is 0 Å². The van der Waals surface area contributed by atoms with Gasteiger partial charge in [-0.1, -0.05) is 0 Å². The molecule has 0 aliphatic heterocycles.